The van der Waals surface area contributed by atoms with Crippen LogP contribution in [0.2, 0.25) is 0 Å². The van der Waals surface area contributed by atoms with Crippen molar-refractivity contribution in [2.45, 2.75) is 31.8 Å². The lowest BCUT2D eigenvalue weighted by Gasteiger charge is -2.12. The molecule has 0 bridgehead atoms. The van der Waals surface area contributed by atoms with Gasteiger partial charge in [-0.1, -0.05) is 12.1 Å². The molecule has 0 aliphatic heterocycles. The number of nitrogens with one attached hydrogen (secondary N) is 1. The molecule has 0 atom stereocenters. The summed E-state index contributed by atoms with van der Waals surface area (Å²) in [5.41, 5.74) is 2.18. The Morgan fingerprint density at radius 2 is 2.17 bits per heavy atom. The number of thiophene rings is 1. The third-order valence-corrected chi connectivity index (χ3v) is 4.44. The van der Waals surface area contributed by atoms with Gasteiger partial charge in [-0.3, -0.25) is 0 Å². The van der Waals surface area contributed by atoms with Crippen molar-refractivity contribution in [3.63, 3.8) is 0 Å². The van der Waals surface area contributed by atoms with Gasteiger partial charge in [0.05, 0.1) is 0 Å². The van der Waals surface area contributed by atoms with Crippen LogP contribution in [0.5, 0.6) is 0 Å². The Bertz CT molecular complexity index is 544. The van der Waals surface area contributed by atoms with Crippen LogP contribution in [0.15, 0.2) is 35.7 Å². The molecule has 1 aliphatic carbocycles. The smallest absolute Gasteiger partial charge is 0.131 e. The van der Waals surface area contributed by atoms with Gasteiger partial charge in [0.1, 0.15) is 5.82 Å². The van der Waals surface area contributed by atoms with Crippen molar-refractivity contribution in [3.8, 4) is 10.4 Å². The maximum absolute atomic E-state index is 13.8. The fraction of sp³-hybridized carbons (Fsp3) is 0.333. The first-order valence-corrected chi connectivity index (χ1v) is 7.12. The molecular weight excluding hydrogens is 245 g/mol. The van der Waals surface area contributed by atoms with Crippen molar-refractivity contribution in [2.24, 2.45) is 0 Å². The molecule has 94 valence electrons. The minimum Gasteiger partial charge on any atom is -0.307 e. The third-order valence-electron chi connectivity index (χ3n) is 3.54. The molecule has 0 saturated heterocycles. The van der Waals surface area contributed by atoms with E-state index in [1.54, 1.807) is 17.4 Å². The number of benzene rings is 1. The van der Waals surface area contributed by atoms with E-state index in [1.165, 1.54) is 12.8 Å². The molecule has 1 aromatic carbocycles. The highest BCUT2D eigenvalue weighted by atomic mass is 32.1. The number of rotatable bonds is 4. The Labute approximate surface area is 111 Å². The molecule has 0 unspecified atom stereocenters. The second-order valence-electron chi connectivity index (χ2n) is 5.21. The standard InChI is InChI=1S/C15H16FNS/c1-15(6-7-15)17-10-11-4-5-13(16)12(9-11)14-3-2-8-18-14/h2-5,8-9,17H,6-7,10H2,1H3. The van der Waals surface area contributed by atoms with E-state index in [2.05, 4.69) is 12.2 Å². The van der Waals surface area contributed by atoms with Crippen LogP contribution >= 0.6 is 11.3 Å². The zero-order valence-electron chi connectivity index (χ0n) is 10.4. The first-order chi connectivity index (χ1) is 8.66. The average molecular weight is 261 g/mol. The lowest BCUT2D eigenvalue weighted by atomic mass is 10.1. The summed E-state index contributed by atoms with van der Waals surface area (Å²) in [4.78, 5) is 0.993. The first-order valence-electron chi connectivity index (χ1n) is 6.24. The van der Waals surface area contributed by atoms with Gasteiger partial charge in [-0.2, -0.15) is 0 Å². The van der Waals surface area contributed by atoms with Crippen LogP contribution in [0.25, 0.3) is 10.4 Å². The summed E-state index contributed by atoms with van der Waals surface area (Å²) in [6, 6.07) is 9.31. The maximum Gasteiger partial charge on any atom is 0.131 e. The molecule has 1 aliphatic rings. The van der Waals surface area contributed by atoms with E-state index in [0.29, 0.717) is 11.1 Å². The van der Waals surface area contributed by atoms with Gasteiger partial charge < -0.3 is 5.32 Å². The van der Waals surface area contributed by atoms with E-state index in [1.807, 2.05) is 29.6 Å². The van der Waals surface area contributed by atoms with Gasteiger partial charge in [0.15, 0.2) is 0 Å². The summed E-state index contributed by atoms with van der Waals surface area (Å²) in [5, 5.41) is 5.50. The first kappa shape index (κ1) is 11.9. The van der Waals surface area contributed by atoms with Crippen LogP contribution in [0.1, 0.15) is 25.3 Å². The SMILES string of the molecule is CC1(NCc2ccc(F)c(-c3cccs3)c2)CC1. The molecule has 1 heterocycles. The Morgan fingerprint density at radius 3 is 2.83 bits per heavy atom. The van der Waals surface area contributed by atoms with Crippen LogP contribution in [0.4, 0.5) is 4.39 Å². The van der Waals surface area contributed by atoms with Gasteiger partial charge in [-0.15, -0.1) is 11.3 Å². The summed E-state index contributed by atoms with van der Waals surface area (Å²) in [7, 11) is 0. The van der Waals surface area contributed by atoms with E-state index < -0.39 is 0 Å². The molecule has 1 aromatic heterocycles. The summed E-state index contributed by atoms with van der Waals surface area (Å²) >= 11 is 1.57. The predicted octanol–water partition coefficient (Wildman–Crippen LogP) is 4.20. The van der Waals surface area contributed by atoms with E-state index >= 15 is 0 Å². The number of halogens is 1. The van der Waals surface area contributed by atoms with E-state index in [0.717, 1.165) is 17.0 Å². The van der Waals surface area contributed by atoms with Gasteiger partial charge in [-0.05, 0) is 48.9 Å². The van der Waals surface area contributed by atoms with Gasteiger partial charge >= 0.3 is 0 Å². The quantitative estimate of drug-likeness (QED) is 0.870. The van der Waals surface area contributed by atoms with Gasteiger partial charge in [0, 0.05) is 22.5 Å². The number of hydrogen-bond acceptors (Lipinski definition) is 2. The Hall–Kier alpha value is -1.19. The predicted molar refractivity (Wildman–Crippen MR) is 74.2 cm³/mol. The van der Waals surface area contributed by atoms with Crippen LogP contribution in [-0.4, -0.2) is 5.54 Å². The van der Waals surface area contributed by atoms with Crippen LogP contribution < -0.4 is 5.32 Å². The minimum absolute atomic E-state index is 0.140. The normalized spacial score (nSPS) is 16.8. The van der Waals surface area contributed by atoms with E-state index in [-0.39, 0.29) is 5.82 Å². The van der Waals surface area contributed by atoms with Gasteiger partial charge in [0.25, 0.3) is 0 Å². The molecule has 1 fully saturated rings. The molecule has 3 rings (SSSR count). The van der Waals surface area contributed by atoms with E-state index in [9.17, 15) is 4.39 Å². The molecule has 1 saturated carbocycles. The summed E-state index contributed by atoms with van der Waals surface area (Å²) < 4.78 is 13.8. The zero-order chi connectivity index (χ0) is 12.6. The average Bonchev–Trinajstić information content (AvgIpc) is 2.90. The molecule has 3 heteroatoms. The van der Waals surface area contributed by atoms with Crippen LogP contribution in [0.3, 0.4) is 0 Å². The van der Waals surface area contributed by atoms with Gasteiger partial charge in [-0.25, -0.2) is 4.39 Å². The molecule has 0 spiro atoms. The van der Waals surface area contributed by atoms with Crippen molar-refractivity contribution in [1.82, 2.24) is 5.32 Å². The number of hydrogen-bond donors (Lipinski definition) is 1. The highest BCUT2D eigenvalue weighted by Crippen LogP contribution is 2.35. The summed E-state index contributed by atoms with van der Waals surface area (Å²) in [6.07, 6.45) is 2.48. The van der Waals surface area contributed by atoms with Crippen molar-refractivity contribution in [2.75, 3.05) is 0 Å². The molecule has 2 aromatic rings. The highest BCUT2D eigenvalue weighted by Gasteiger charge is 2.36. The topological polar surface area (TPSA) is 12.0 Å². The van der Waals surface area contributed by atoms with Crippen molar-refractivity contribution in [1.29, 1.82) is 0 Å². The maximum atomic E-state index is 13.8. The molecule has 1 N–H and O–H groups in total. The van der Waals surface area contributed by atoms with Crippen molar-refractivity contribution < 1.29 is 4.39 Å². The molecule has 1 nitrogen and oxygen atoms in total. The Kier molecular flexibility index (Phi) is 2.96. The fourth-order valence-electron chi connectivity index (χ4n) is 1.98. The summed E-state index contributed by atoms with van der Waals surface area (Å²) in [5.74, 6) is -0.140. The summed E-state index contributed by atoms with van der Waals surface area (Å²) in [6.45, 7) is 3.05. The fourth-order valence-corrected chi connectivity index (χ4v) is 2.73. The van der Waals surface area contributed by atoms with Crippen molar-refractivity contribution in [3.05, 3.63) is 47.1 Å². The third kappa shape index (κ3) is 2.47. The monoisotopic (exact) mass is 261 g/mol. The highest BCUT2D eigenvalue weighted by molar-refractivity contribution is 7.13. The second kappa shape index (κ2) is 4.48. The molecule has 0 amide bonds. The molecule has 18 heavy (non-hydrogen) atoms. The lowest BCUT2D eigenvalue weighted by Crippen LogP contribution is -2.26. The van der Waals surface area contributed by atoms with Gasteiger partial charge in [0.2, 0.25) is 0 Å². The van der Waals surface area contributed by atoms with Crippen LogP contribution in [-0.2, 0) is 6.54 Å². The second-order valence-corrected chi connectivity index (χ2v) is 6.15. The Morgan fingerprint density at radius 1 is 1.33 bits per heavy atom. The largest absolute Gasteiger partial charge is 0.307 e. The zero-order valence-corrected chi connectivity index (χ0v) is 11.2. The van der Waals surface area contributed by atoms with E-state index in [4.69, 9.17) is 0 Å². The molecular formula is C15H16FNS. The lowest BCUT2D eigenvalue weighted by molar-refractivity contribution is 0.537. The Balaban J connectivity index is 1.81. The van der Waals surface area contributed by atoms with Crippen molar-refractivity contribution >= 4 is 11.3 Å². The van der Waals surface area contributed by atoms with Crippen LogP contribution in [0, 0.1) is 5.82 Å². The molecule has 0 radical (unpaired) electrons. The minimum atomic E-state index is -0.140.